The van der Waals surface area contributed by atoms with Crippen LogP contribution in [0.5, 0.6) is 0 Å². The number of hydrogen-bond donors (Lipinski definition) is 0. The van der Waals surface area contributed by atoms with Gasteiger partial charge in [-0.05, 0) is 6.07 Å². The van der Waals surface area contributed by atoms with Gasteiger partial charge in [0.1, 0.15) is 23.5 Å². The van der Waals surface area contributed by atoms with Crippen LogP contribution < -0.4 is 10.5 Å². The molecule has 0 fully saturated rings. The number of likely N-dealkylation sites (N-methyl/N-ethyl adjacent to an activating group) is 1. The molecule has 0 atom stereocenters. The number of nitriles is 2. The molecule has 0 unspecified atom stereocenters. The Hall–Kier alpha value is -2.05. The Labute approximate surface area is 106 Å². The number of rotatable bonds is 0. The van der Waals surface area contributed by atoms with Gasteiger partial charge < -0.3 is 4.90 Å². The second-order valence-corrected chi connectivity index (χ2v) is 4.07. The summed E-state index contributed by atoms with van der Waals surface area (Å²) in [6.07, 6.45) is 0. The van der Waals surface area contributed by atoms with Gasteiger partial charge in [0.15, 0.2) is 0 Å². The van der Waals surface area contributed by atoms with Crippen LogP contribution >= 0.6 is 15.9 Å². The van der Waals surface area contributed by atoms with E-state index in [2.05, 4.69) is 15.9 Å². The van der Waals surface area contributed by atoms with Crippen LogP contribution in [0.4, 0.5) is 5.82 Å². The van der Waals surface area contributed by atoms with Crippen molar-refractivity contribution in [1.82, 2.24) is 4.57 Å². The first kappa shape index (κ1) is 11.4. The molecule has 2 heterocycles. The zero-order valence-electron chi connectivity index (χ0n) is 8.94. The molecule has 0 saturated heterocycles. The molecule has 5 nitrogen and oxygen atoms in total. The quantitative estimate of drug-likeness (QED) is 0.720. The third kappa shape index (κ3) is 1.54. The first-order valence-electron chi connectivity index (χ1n) is 4.75. The van der Waals surface area contributed by atoms with Gasteiger partial charge in [0.25, 0.3) is 5.56 Å². The normalized spacial score (nSPS) is 15.5. The Bertz CT molecular complexity index is 660. The second-order valence-electron chi connectivity index (χ2n) is 3.62. The lowest BCUT2D eigenvalue weighted by Gasteiger charge is -2.11. The highest BCUT2D eigenvalue weighted by Gasteiger charge is 2.26. The molecule has 1 aromatic heterocycles. The molecule has 84 valence electrons. The third-order valence-electron chi connectivity index (χ3n) is 2.59. The van der Waals surface area contributed by atoms with Crippen molar-refractivity contribution in [3.8, 4) is 12.1 Å². The summed E-state index contributed by atoms with van der Waals surface area (Å²) in [5, 5.41) is 17.9. The van der Waals surface area contributed by atoms with E-state index in [4.69, 9.17) is 10.5 Å². The number of nitrogens with zero attached hydrogens (tertiary/aromatic N) is 4. The Kier molecular flexibility index (Phi) is 2.74. The van der Waals surface area contributed by atoms with Gasteiger partial charge in [-0.2, -0.15) is 10.5 Å². The standard InChI is InChI=1S/C11H7BrN4O/c1-15-6-9(3-12)16-10(15)7(4-13)2-8(5-14)11(16)17/h2-3H,6H2,1H3/b9-3+. The molecular weight excluding hydrogens is 284 g/mol. The summed E-state index contributed by atoms with van der Waals surface area (Å²) < 4.78 is 1.39. The lowest BCUT2D eigenvalue weighted by atomic mass is 10.2. The highest BCUT2D eigenvalue weighted by molar-refractivity contribution is 9.11. The first-order valence-corrected chi connectivity index (χ1v) is 5.66. The lowest BCUT2D eigenvalue weighted by Crippen LogP contribution is -2.21. The molecule has 0 saturated carbocycles. The SMILES string of the molecule is CN1C/C(=C\Br)n2c1c(C#N)cc(C#N)c2=O. The molecule has 0 N–H and O–H groups in total. The van der Waals surface area contributed by atoms with Crippen LogP contribution in [0.25, 0.3) is 5.70 Å². The van der Waals surface area contributed by atoms with E-state index in [0.717, 1.165) is 0 Å². The summed E-state index contributed by atoms with van der Waals surface area (Å²) in [6.45, 7) is 0.518. The first-order chi connectivity index (χ1) is 8.13. The van der Waals surface area contributed by atoms with E-state index in [1.165, 1.54) is 10.6 Å². The topological polar surface area (TPSA) is 72.8 Å². The fourth-order valence-electron chi connectivity index (χ4n) is 1.88. The Balaban J connectivity index is 2.93. The molecule has 0 spiro atoms. The second kappa shape index (κ2) is 4.08. The van der Waals surface area contributed by atoms with Gasteiger partial charge in [-0.15, -0.1) is 0 Å². The van der Waals surface area contributed by atoms with Crippen molar-refractivity contribution in [2.24, 2.45) is 0 Å². The predicted molar refractivity (Wildman–Crippen MR) is 66.6 cm³/mol. The van der Waals surface area contributed by atoms with Gasteiger partial charge in [0.2, 0.25) is 0 Å². The Morgan fingerprint density at radius 3 is 2.59 bits per heavy atom. The lowest BCUT2D eigenvalue weighted by molar-refractivity contribution is 1.02. The van der Waals surface area contributed by atoms with E-state index in [0.29, 0.717) is 23.6 Å². The fourth-order valence-corrected chi connectivity index (χ4v) is 2.23. The average Bonchev–Trinajstić information content (AvgIpc) is 2.68. The van der Waals surface area contributed by atoms with Gasteiger partial charge in [-0.1, -0.05) is 15.9 Å². The van der Waals surface area contributed by atoms with Crippen LogP contribution in [-0.4, -0.2) is 18.2 Å². The van der Waals surface area contributed by atoms with Crippen LogP contribution in [-0.2, 0) is 0 Å². The van der Waals surface area contributed by atoms with E-state index in [9.17, 15) is 4.79 Å². The van der Waals surface area contributed by atoms with Gasteiger partial charge >= 0.3 is 0 Å². The number of pyridine rings is 1. The minimum atomic E-state index is -0.392. The van der Waals surface area contributed by atoms with Crippen LogP contribution in [0.15, 0.2) is 15.8 Å². The van der Waals surface area contributed by atoms with E-state index in [-0.39, 0.29) is 5.56 Å². The van der Waals surface area contributed by atoms with E-state index in [1.54, 1.807) is 16.9 Å². The Morgan fingerprint density at radius 1 is 1.41 bits per heavy atom. The predicted octanol–water partition coefficient (Wildman–Crippen LogP) is 1.23. The van der Waals surface area contributed by atoms with Crippen LogP contribution in [0.1, 0.15) is 11.1 Å². The van der Waals surface area contributed by atoms with E-state index < -0.39 is 5.56 Å². The summed E-state index contributed by atoms with van der Waals surface area (Å²) in [7, 11) is 1.79. The van der Waals surface area contributed by atoms with E-state index in [1.807, 2.05) is 12.1 Å². The zero-order chi connectivity index (χ0) is 12.6. The van der Waals surface area contributed by atoms with Crippen LogP contribution in [0.3, 0.4) is 0 Å². The van der Waals surface area contributed by atoms with Crippen molar-refractivity contribution < 1.29 is 0 Å². The zero-order valence-corrected chi connectivity index (χ0v) is 10.5. The van der Waals surface area contributed by atoms with Gasteiger partial charge in [-0.3, -0.25) is 9.36 Å². The van der Waals surface area contributed by atoms with Crippen molar-refractivity contribution in [2.45, 2.75) is 0 Å². The number of fused-ring (bicyclic) bond motifs is 1. The van der Waals surface area contributed by atoms with Gasteiger partial charge in [0.05, 0.1) is 17.8 Å². The molecule has 0 aromatic carbocycles. The van der Waals surface area contributed by atoms with Crippen molar-refractivity contribution >= 4 is 27.4 Å². The van der Waals surface area contributed by atoms with Gasteiger partial charge in [0, 0.05) is 12.0 Å². The highest BCUT2D eigenvalue weighted by Crippen LogP contribution is 2.29. The van der Waals surface area contributed by atoms with Crippen LogP contribution in [0, 0.1) is 22.7 Å². The fraction of sp³-hybridized carbons (Fsp3) is 0.182. The largest absolute Gasteiger partial charge is 0.354 e. The van der Waals surface area contributed by atoms with Gasteiger partial charge in [-0.25, -0.2) is 0 Å². The summed E-state index contributed by atoms with van der Waals surface area (Å²) in [5.74, 6) is 0.530. The van der Waals surface area contributed by atoms with Crippen molar-refractivity contribution in [1.29, 1.82) is 10.5 Å². The summed E-state index contributed by atoms with van der Waals surface area (Å²) >= 11 is 3.19. The maximum absolute atomic E-state index is 12.0. The van der Waals surface area contributed by atoms with Crippen molar-refractivity contribution in [3.05, 3.63) is 32.5 Å². The maximum atomic E-state index is 12.0. The number of anilines is 1. The Morgan fingerprint density at radius 2 is 2.06 bits per heavy atom. The molecule has 0 amide bonds. The minimum absolute atomic E-state index is 0.0209. The number of aromatic nitrogens is 1. The average molecular weight is 291 g/mol. The summed E-state index contributed by atoms with van der Waals surface area (Å²) in [5.41, 5.74) is 0.623. The smallest absolute Gasteiger partial charge is 0.274 e. The third-order valence-corrected chi connectivity index (χ3v) is 3.12. The number of halogens is 1. The molecule has 1 aliphatic rings. The van der Waals surface area contributed by atoms with Crippen molar-refractivity contribution in [2.75, 3.05) is 18.5 Å². The number of hydrogen-bond acceptors (Lipinski definition) is 4. The maximum Gasteiger partial charge on any atom is 0.274 e. The molecule has 1 aliphatic heterocycles. The van der Waals surface area contributed by atoms with Crippen LogP contribution in [0.2, 0.25) is 0 Å². The monoisotopic (exact) mass is 290 g/mol. The van der Waals surface area contributed by atoms with Crippen molar-refractivity contribution in [3.63, 3.8) is 0 Å². The molecule has 0 radical (unpaired) electrons. The molecule has 2 rings (SSSR count). The molecule has 17 heavy (non-hydrogen) atoms. The summed E-state index contributed by atoms with van der Waals surface area (Å²) in [4.78, 5) is 15.4. The highest BCUT2D eigenvalue weighted by atomic mass is 79.9. The molecule has 1 aromatic rings. The summed E-state index contributed by atoms with van der Waals surface area (Å²) in [6, 6.07) is 5.16. The molecule has 0 bridgehead atoms. The molecular formula is C11H7BrN4O. The van der Waals surface area contributed by atoms with E-state index >= 15 is 0 Å². The molecule has 6 heteroatoms. The molecule has 0 aliphatic carbocycles. The minimum Gasteiger partial charge on any atom is -0.354 e.